The van der Waals surface area contributed by atoms with E-state index in [1.807, 2.05) is 0 Å². The molecular weight excluding hydrogens is 182 g/mol. The first kappa shape index (κ1) is 9.03. The zero-order valence-corrected chi connectivity index (χ0v) is 5.32. The molecule has 0 aromatic carbocycles. The van der Waals surface area contributed by atoms with E-state index >= 15 is 0 Å². The van der Waals surface area contributed by atoms with Crippen LogP contribution >= 0.6 is 23.5 Å². The highest BCUT2D eigenvalue weighted by Gasteiger charge is 2.29. The number of hydrogen-bond donors (Lipinski definition) is 0. The summed E-state index contributed by atoms with van der Waals surface area (Å²) in [6, 6.07) is 0. The molecule has 9 heavy (non-hydrogen) atoms. The third kappa shape index (κ3) is 8.03. The van der Waals surface area contributed by atoms with E-state index in [4.69, 9.17) is 0 Å². The Bertz CT molecular complexity index is 116. The fourth-order valence-corrected chi connectivity index (χ4v) is 0.362. The largest absolute Gasteiger partial charge is 0.463 e. The lowest BCUT2D eigenvalue weighted by atomic mass is 11.6. The van der Waals surface area contributed by atoms with Crippen molar-refractivity contribution in [1.29, 1.82) is 0 Å². The summed E-state index contributed by atoms with van der Waals surface area (Å²) in [4.78, 5) is 0. The van der Waals surface area contributed by atoms with E-state index < -0.39 is 22.9 Å². The minimum atomic E-state index is -4.56. The Balaban J connectivity index is 3.64. The van der Waals surface area contributed by atoms with Crippen molar-refractivity contribution in [2.24, 2.45) is 4.40 Å². The molecule has 0 spiro atoms. The Labute approximate surface area is 57.2 Å². The molecule has 0 aliphatic heterocycles. The molecule has 0 N–H and O–H groups in total. The van der Waals surface area contributed by atoms with E-state index in [-0.39, 0.29) is 0 Å². The smallest absolute Gasteiger partial charge is 0.170 e. The molecule has 0 bridgehead atoms. The van der Waals surface area contributed by atoms with Crippen LogP contribution in [0.1, 0.15) is 0 Å². The lowest BCUT2D eigenvalue weighted by molar-refractivity contribution is -0.0327. The van der Waals surface area contributed by atoms with Crippen molar-refractivity contribution in [2.45, 2.75) is 5.51 Å². The average Bonchev–Trinajstić information content (AvgIpc) is 1.59. The van der Waals surface area contributed by atoms with Gasteiger partial charge in [0.15, 0.2) is 0 Å². The molecule has 0 atom stereocenters. The molecule has 0 aromatic rings. The third-order valence-electron chi connectivity index (χ3n) is 0.218. The second-order valence-electron chi connectivity index (χ2n) is 0.869. The first-order valence-corrected chi connectivity index (χ1v) is 2.71. The summed E-state index contributed by atoms with van der Waals surface area (Å²) in [6.45, 7) is 0. The maximum absolute atomic E-state index is 11.2. The van der Waals surface area contributed by atoms with E-state index in [0.29, 0.717) is 0 Å². The Morgan fingerprint density at radius 1 is 1.44 bits per heavy atom. The molecule has 0 amide bonds. The van der Waals surface area contributed by atoms with Crippen LogP contribution < -0.4 is 0 Å². The summed E-state index contributed by atoms with van der Waals surface area (Å²) in [6.07, 6.45) is 0. The Hall–Kier alpha value is 0.0300. The van der Waals surface area contributed by atoms with E-state index in [1.165, 1.54) is 0 Å². The van der Waals surface area contributed by atoms with Gasteiger partial charge in [-0.15, -0.1) is 0 Å². The average molecular weight is 182 g/mol. The molecule has 0 fully saturated rings. The van der Waals surface area contributed by atoms with Crippen molar-refractivity contribution in [1.82, 2.24) is 0 Å². The molecule has 0 saturated heterocycles. The molecule has 0 heterocycles. The van der Waals surface area contributed by atoms with Crippen LogP contribution in [0.5, 0.6) is 0 Å². The van der Waals surface area contributed by atoms with E-state index in [1.54, 1.807) is 0 Å². The van der Waals surface area contributed by atoms with Gasteiger partial charge in [-0.2, -0.15) is 22.0 Å². The van der Waals surface area contributed by atoms with Crippen molar-refractivity contribution in [2.75, 3.05) is 0 Å². The highest BCUT2D eigenvalue weighted by molar-refractivity contribution is 7.99. The fourth-order valence-electron chi connectivity index (χ4n) is 0.0863. The highest BCUT2D eigenvalue weighted by Crippen LogP contribution is 2.31. The Kier molecular flexibility index (Phi) is 3.27. The number of nitrogens with zero attached hydrogens (tertiary/aromatic N) is 1. The first-order chi connectivity index (χ1) is 3.92. The van der Waals surface area contributed by atoms with Crippen molar-refractivity contribution in [3.8, 4) is 0 Å². The maximum Gasteiger partial charge on any atom is 0.463 e. The van der Waals surface area contributed by atoms with Crippen molar-refractivity contribution >= 4 is 29.0 Å². The topological polar surface area (TPSA) is 12.4 Å². The summed E-state index contributed by atoms with van der Waals surface area (Å²) in [5.41, 5.74) is -6.18. The van der Waals surface area contributed by atoms with Crippen LogP contribution in [0.15, 0.2) is 4.40 Å². The molecule has 0 aliphatic rings. The molecule has 0 aromatic heterocycles. The van der Waals surface area contributed by atoms with Gasteiger partial charge in [-0.05, 0) is 11.6 Å². The molecule has 0 radical (unpaired) electrons. The molecular formula is C2ClF4NS. The van der Waals surface area contributed by atoms with Crippen LogP contribution in [0.3, 0.4) is 0 Å². The monoisotopic (exact) mass is 181 g/mol. The summed E-state index contributed by atoms with van der Waals surface area (Å²) in [5.74, 6) is 0. The van der Waals surface area contributed by atoms with Gasteiger partial charge in [0.25, 0.3) is 5.42 Å². The summed E-state index contributed by atoms with van der Waals surface area (Å²) in [7, 11) is 0. The van der Waals surface area contributed by atoms with Gasteiger partial charge in [-0.3, -0.25) is 0 Å². The zero-order valence-electron chi connectivity index (χ0n) is 3.75. The second-order valence-corrected chi connectivity index (χ2v) is 2.01. The van der Waals surface area contributed by atoms with E-state index in [0.717, 1.165) is 0 Å². The predicted octanol–water partition coefficient (Wildman–Crippen LogP) is 2.72. The van der Waals surface area contributed by atoms with Gasteiger partial charge in [0.1, 0.15) is 0 Å². The van der Waals surface area contributed by atoms with Crippen LogP contribution in [0.4, 0.5) is 17.6 Å². The SMILES string of the molecule is F/C(Cl)=N/SC(F)(F)F. The van der Waals surface area contributed by atoms with E-state index in [9.17, 15) is 17.6 Å². The van der Waals surface area contributed by atoms with Gasteiger partial charge < -0.3 is 0 Å². The molecule has 1 nitrogen and oxygen atoms in total. The maximum atomic E-state index is 11.2. The van der Waals surface area contributed by atoms with Gasteiger partial charge in [0.05, 0.1) is 11.9 Å². The van der Waals surface area contributed by atoms with Gasteiger partial charge >= 0.3 is 5.51 Å². The summed E-state index contributed by atoms with van der Waals surface area (Å²) in [5, 5.41) is 0. The van der Waals surface area contributed by atoms with Crippen molar-refractivity contribution in [3.63, 3.8) is 0 Å². The van der Waals surface area contributed by atoms with Gasteiger partial charge in [-0.1, -0.05) is 0 Å². The van der Waals surface area contributed by atoms with Crippen molar-refractivity contribution in [3.05, 3.63) is 0 Å². The molecule has 0 unspecified atom stereocenters. The molecule has 0 saturated carbocycles. The van der Waals surface area contributed by atoms with Crippen LogP contribution in [0.2, 0.25) is 0 Å². The fraction of sp³-hybridized carbons (Fsp3) is 0.500. The Morgan fingerprint density at radius 2 is 1.89 bits per heavy atom. The summed E-state index contributed by atoms with van der Waals surface area (Å²) < 4.78 is 46.6. The number of hydrogen-bond acceptors (Lipinski definition) is 2. The Morgan fingerprint density at radius 3 is 2.00 bits per heavy atom. The van der Waals surface area contributed by atoms with Crippen LogP contribution in [0.25, 0.3) is 0 Å². The molecule has 7 heteroatoms. The quantitative estimate of drug-likeness (QED) is 0.344. The minimum Gasteiger partial charge on any atom is -0.170 e. The van der Waals surface area contributed by atoms with Crippen LogP contribution in [-0.4, -0.2) is 10.9 Å². The number of alkyl halides is 3. The van der Waals surface area contributed by atoms with Gasteiger partial charge in [-0.25, -0.2) is 0 Å². The van der Waals surface area contributed by atoms with Crippen LogP contribution in [0, 0.1) is 0 Å². The summed E-state index contributed by atoms with van der Waals surface area (Å²) >= 11 is 3.47. The normalized spacial score (nSPS) is 14.1. The molecule has 0 aliphatic carbocycles. The van der Waals surface area contributed by atoms with Crippen molar-refractivity contribution < 1.29 is 17.6 Å². The first-order valence-electron chi connectivity index (χ1n) is 1.56. The predicted molar refractivity (Wildman–Crippen MR) is 28.0 cm³/mol. The van der Waals surface area contributed by atoms with E-state index in [2.05, 4.69) is 16.0 Å². The van der Waals surface area contributed by atoms with Gasteiger partial charge in [0, 0.05) is 0 Å². The molecule has 54 valence electrons. The minimum absolute atomic E-state index is 0.877. The van der Waals surface area contributed by atoms with Crippen LogP contribution in [-0.2, 0) is 0 Å². The number of rotatable bonds is 1. The van der Waals surface area contributed by atoms with Gasteiger partial charge in [0.2, 0.25) is 0 Å². The zero-order chi connectivity index (χ0) is 7.49. The second kappa shape index (κ2) is 3.26. The lowest BCUT2D eigenvalue weighted by Crippen LogP contribution is -1.96. The third-order valence-corrected chi connectivity index (χ3v) is 0.861. The standard InChI is InChI=1S/C2ClF4NS/c3-1(4)8-9-2(5,6)7/b8-1+. The molecule has 0 rings (SSSR count). The lowest BCUT2D eigenvalue weighted by Gasteiger charge is -1.96. The number of halogens is 5. The highest BCUT2D eigenvalue weighted by atomic mass is 35.5.